The Morgan fingerprint density at radius 3 is 2.58 bits per heavy atom. The molecule has 19 heavy (non-hydrogen) atoms. The average Bonchev–Trinajstić information content (AvgIpc) is 2.37. The van der Waals surface area contributed by atoms with Crippen molar-refractivity contribution in [3.63, 3.8) is 0 Å². The summed E-state index contributed by atoms with van der Waals surface area (Å²) in [5.74, 6) is 2.09. The van der Waals surface area contributed by atoms with Gasteiger partial charge in [-0.15, -0.1) is 0 Å². The molecule has 4 nitrogen and oxygen atoms in total. The van der Waals surface area contributed by atoms with Crippen molar-refractivity contribution in [2.75, 3.05) is 20.8 Å². The molecule has 0 atom stereocenters. The van der Waals surface area contributed by atoms with E-state index in [-0.39, 0.29) is 5.91 Å². The van der Waals surface area contributed by atoms with E-state index in [0.717, 1.165) is 23.5 Å². The van der Waals surface area contributed by atoms with Crippen LogP contribution in [-0.2, 0) is 11.2 Å². The van der Waals surface area contributed by atoms with Gasteiger partial charge in [-0.05, 0) is 36.1 Å². The highest BCUT2D eigenvalue weighted by molar-refractivity contribution is 5.76. The Morgan fingerprint density at radius 1 is 1.26 bits per heavy atom. The van der Waals surface area contributed by atoms with Crippen molar-refractivity contribution in [1.82, 2.24) is 5.32 Å². The first kappa shape index (κ1) is 15.3. The van der Waals surface area contributed by atoms with E-state index in [9.17, 15) is 4.79 Å². The van der Waals surface area contributed by atoms with Crippen LogP contribution >= 0.6 is 0 Å². The lowest BCUT2D eigenvalue weighted by atomic mass is 10.1. The Labute approximate surface area is 115 Å². The molecule has 1 rings (SSSR count). The molecule has 0 radical (unpaired) electrons. The first-order valence-corrected chi connectivity index (χ1v) is 6.54. The maximum absolute atomic E-state index is 11.6. The Bertz CT molecular complexity index is 416. The zero-order valence-corrected chi connectivity index (χ0v) is 12.2. The largest absolute Gasteiger partial charge is 0.497 e. The van der Waals surface area contributed by atoms with Crippen LogP contribution in [0.1, 0.15) is 25.8 Å². The quantitative estimate of drug-likeness (QED) is 0.823. The van der Waals surface area contributed by atoms with Gasteiger partial charge >= 0.3 is 0 Å². The van der Waals surface area contributed by atoms with Gasteiger partial charge in [-0.1, -0.05) is 13.8 Å². The van der Waals surface area contributed by atoms with Crippen LogP contribution in [0.15, 0.2) is 18.2 Å². The molecule has 0 saturated carbocycles. The fourth-order valence-electron chi connectivity index (χ4n) is 1.86. The van der Waals surface area contributed by atoms with Crippen LogP contribution in [-0.4, -0.2) is 26.7 Å². The third-order valence-electron chi connectivity index (χ3n) is 2.80. The minimum Gasteiger partial charge on any atom is -0.497 e. The number of hydrogen-bond donors (Lipinski definition) is 1. The van der Waals surface area contributed by atoms with Crippen molar-refractivity contribution < 1.29 is 14.3 Å². The van der Waals surface area contributed by atoms with E-state index in [1.165, 1.54) is 0 Å². The third-order valence-corrected chi connectivity index (χ3v) is 2.80. The molecule has 0 bridgehead atoms. The average molecular weight is 265 g/mol. The normalized spacial score (nSPS) is 10.4. The summed E-state index contributed by atoms with van der Waals surface area (Å²) < 4.78 is 10.5. The van der Waals surface area contributed by atoms with Crippen molar-refractivity contribution in [3.8, 4) is 11.5 Å². The van der Waals surface area contributed by atoms with Gasteiger partial charge in [0.1, 0.15) is 11.5 Å². The lowest BCUT2D eigenvalue weighted by Gasteiger charge is -2.11. The molecule has 0 saturated heterocycles. The van der Waals surface area contributed by atoms with Crippen molar-refractivity contribution in [3.05, 3.63) is 23.8 Å². The van der Waals surface area contributed by atoms with E-state index in [0.29, 0.717) is 18.9 Å². The van der Waals surface area contributed by atoms with Crippen LogP contribution in [0.4, 0.5) is 0 Å². The summed E-state index contributed by atoms with van der Waals surface area (Å²) in [5.41, 5.74) is 1.03. The summed E-state index contributed by atoms with van der Waals surface area (Å²) >= 11 is 0. The van der Waals surface area contributed by atoms with Crippen LogP contribution in [0, 0.1) is 5.92 Å². The van der Waals surface area contributed by atoms with Crippen LogP contribution in [0.25, 0.3) is 0 Å². The lowest BCUT2D eigenvalue weighted by molar-refractivity contribution is -0.121. The highest BCUT2D eigenvalue weighted by Crippen LogP contribution is 2.24. The summed E-state index contributed by atoms with van der Waals surface area (Å²) in [6, 6.07) is 5.68. The molecule has 1 aromatic carbocycles. The van der Waals surface area contributed by atoms with Gasteiger partial charge in [0.15, 0.2) is 0 Å². The Kier molecular flexibility index (Phi) is 6.19. The number of hydrogen-bond acceptors (Lipinski definition) is 3. The fraction of sp³-hybridized carbons (Fsp3) is 0.533. The second-order valence-electron chi connectivity index (χ2n) is 4.88. The van der Waals surface area contributed by atoms with Gasteiger partial charge in [0, 0.05) is 13.0 Å². The van der Waals surface area contributed by atoms with Crippen molar-refractivity contribution >= 4 is 5.91 Å². The van der Waals surface area contributed by atoms with E-state index in [1.54, 1.807) is 14.2 Å². The molecule has 1 amide bonds. The summed E-state index contributed by atoms with van der Waals surface area (Å²) in [7, 11) is 3.28. The van der Waals surface area contributed by atoms with E-state index < -0.39 is 0 Å². The molecule has 0 aliphatic heterocycles. The lowest BCUT2D eigenvalue weighted by Crippen LogP contribution is -2.26. The highest BCUT2D eigenvalue weighted by atomic mass is 16.5. The fourth-order valence-corrected chi connectivity index (χ4v) is 1.86. The first-order chi connectivity index (χ1) is 9.06. The molecular formula is C15H23NO3. The van der Waals surface area contributed by atoms with Crippen molar-refractivity contribution in [1.29, 1.82) is 0 Å². The van der Waals surface area contributed by atoms with Gasteiger partial charge in [-0.25, -0.2) is 0 Å². The minimum atomic E-state index is 0.0943. The van der Waals surface area contributed by atoms with Crippen LogP contribution in [0.5, 0.6) is 11.5 Å². The first-order valence-electron chi connectivity index (χ1n) is 6.54. The van der Waals surface area contributed by atoms with E-state index in [4.69, 9.17) is 9.47 Å². The summed E-state index contributed by atoms with van der Waals surface area (Å²) in [6.45, 7) is 4.67. The maximum Gasteiger partial charge on any atom is 0.220 e. The topological polar surface area (TPSA) is 47.6 Å². The van der Waals surface area contributed by atoms with E-state index in [2.05, 4.69) is 5.32 Å². The second kappa shape index (κ2) is 7.67. The zero-order valence-electron chi connectivity index (χ0n) is 12.2. The minimum absolute atomic E-state index is 0.0943. The van der Waals surface area contributed by atoms with Crippen LogP contribution in [0.3, 0.4) is 0 Å². The molecular weight excluding hydrogens is 242 g/mol. The Hall–Kier alpha value is -1.71. The van der Waals surface area contributed by atoms with Gasteiger partial charge in [0.2, 0.25) is 5.91 Å². The number of rotatable bonds is 7. The molecule has 106 valence electrons. The van der Waals surface area contributed by atoms with Crippen LogP contribution in [0.2, 0.25) is 0 Å². The summed E-state index contributed by atoms with van der Waals surface area (Å²) in [6.07, 6.45) is 1.29. The van der Waals surface area contributed by atoms with Crippen LogP contribution < -0.4 is 14.8 Å². The van der Waals surface area contributed by atoms with Crippen molar-refractivity contribution in [2.45, 2.75) is 26.7 Å². The van der Waals surface area contributed by atoms with E-state index >= 15 is 0 Å². The molecule has 0 aliphatic carbocycles. The number of amides is 1. The monoisotopic (exact) mass is 265 g/mol. The molecule has 0 heterocycles. The molecule has 0 aromatic heterocycles. The second-order valence-corrected chi connectivity index (χ2v) is 4.88. The molecule has 4 heteroatoms. The molecule has 0 unspecified atom stereocenters. The number of carbonyl (C=O) groups excluding carboxylic acids is 1. The molecule has 0 aliphatic rings. The van der Waals surface area contributed by atoms with E-state index in [1.807, 2.05) is 32.0 Å². The standard InChI is InChI=1S/C15H23NO3/c1-11(2)9-15(17)16-8-7-12-10-13(18-3)5-6-14(12)19-4/h5-6,10-11H,7-9H2,1-4H3,(H,16,17). The van der Waals surface area contributed by atoms with Crippen molar-refractivity contribution in [2.24, 2.45) is 5.92 Å². The number of ether oxygens (including phenoxy) is 2. The van der Waals surface area contributed by atoms with Gasteiger partial charge < -0.3 is 14.8 Å². The zero-order chi connectivity index (χ0) is 14.3. The summed E-state index contributed by atoms with van der Waals surface area (Å²) in [4.78, 5) is 11.6. The molecule has 1 N–H and O–H groups in total. The predicted octanol–water partition coefficient (Wildman–Crippen LogP) is 2.41. The maximum atomic E-state index is 11.6. The molecule has 0 spiro atoms. The third kappa shape index (κ3) is 5.20. The SMILES string of the molecule is COc1ccc(OC)c(CCNC(=O)CC(C)C)c1. The number of nitrogens with one attached hydrogen (secondary N) is 1. The number of methoxy groups -OCH3 is 2. The Balaban J connectivity index is 2.54. The van der Waals surface area contributed by atoms with Gasteiger partial charge in [-0.3, -0.25) is 4.79 Å². The van der Waals surface area contributed by atoms with Gasteiger partial charge in [-0.2, -0.15) is 0 Å². The van der Waals surface area contributed by atoms with Gasteiger partial charge in [0.25, 0.3) is 0 Å². The highest BCUT2D eigenvalue weighted by Gasteiger charge is 2.07. The molecule has 0 fully saturated rings. The Morgan fingerprint density at radius 2 is 2.00 bits per heavy atom. The van der Waals surface area contributed by atoms with Gasteiger partial charge in [0.05, 0.1) is 14.2 Å². The number of benzene rings is 1. The molecule has 1 aromatic rings. The predicted molar refractivity (Wildman–Crippen MR) is 75.7 cm³/mol. The smallest absolute Gasteiger partial charge is 0.220 e. The number of carbonyl (C=O) groups is 1. The summed E-state index contributed by atoms with van der Waals surface area (Å²) in [5, 5.41) is 2.92.